The topological polar surface area (TPSA) is 54.5 Å². The van der Waals surface area contributed by atoms with Gasteiger partial charge < -0.3 is 15.0 Å². The van der Waals surface area contributed by atoms with Crippen LogP contribution in [-0.2, 0) is 16.1 Å². The smallest absolute Gasteiger partial charge is 0.228 e. The molecule has 0 radical (unpaired) electrons. The van der Waals surface area contributed by atoms with Crippen molar-refractivity contribution in [2.45, 2.75) is 38.8 Å². The van der Waals surface area contributed by atoms with Gasteiger partial charge in [0.1, 0.15) is 5.01 Å². The zero-order valence-corrected chi connectivity index (χ0v) is 14.2. The van der Waals surface area contributed by atoms with Crippen molar-refractivity contribution >= 4 is 17.2 Å². The highest BCUT2D eigenvalue weighted by Gasteiger charge is 2.58. The molecule has 1 saturated carbocycles. The van der Waals surface area contributed by atoms with E-state index in [2.05, 4.69) is 15.2 Å². The van der Waals surface area contributed by atoms with Gasteiger partial charge in [-0.2, -0.15) is 0 Å². The maximum atomic E-state index is 12.9. The first kappa shape index (κ1) is 15.9. The molecule has 5 nitrogen and oxygen atoms in total. The molecular weight excluding hydrogens is 298 g/mol. The summed E-state index contributed by atoms with van der Waals surface area (Å²) in [7, 11) is 1.65. The monoisotopic (exact) mass is 323 g/mol. The number of carbonyl (C=O) groups excluding carboxylic acids is 1. The largest absolute Gasteiger partial charge is 0.384 e. The maximum absolute atomic E-state index is 12.9. The van der Waals surface area contributed by atoms with Gasteiger partial charge in [-0.15, -0.1) is 11.3 Å². The summed E-state index contributed by atoms with van der Waals surface area (Å²) in [5.74, 6) is 0.113. The quantitative estimate of drug-likeness (QED) is 0.869. The maximum Gasteiger partial charge on any atom is 0.228 e. The summed E-state index contributed by atoms with van der Waals surface area (Å²) in [5, 5.41) is 6.42. The van der Waals surface area contributed by atoms with Crippen molar-refractivity contribution in [1.29, 1.82) is 0 Å². The van der Waals surface area contributed by atoms with Crippen LogP contribution in [0.25, 0.3) is 0 Å². The Morgan fingerprint density at radius 2 is 2.36 bits per heavy atom. The minimum absolute atomic E-state index is 0.0932. The van der Waals surface area contributed by atoms with Crippen LogP contribution in [-0.4, -0.2) is 48.6 Å². The van der Waals surface area contributed by atoms with Gasteiger partial charge in [0, 0.05) is 24.7 Å². The Hall–Kier alpha value is -0.980. The van der Waals surface area contributed by atoms with Crippen molar-refractivity contribution in [3.05, 3.63) is 16.6 Å². The van der Waals surface area contributed by atoms with Gasteiger partial charge in [-0.05, 0) is 37.8 Å². The molecule has 2 fully saturated rings. The van der Waals surface area contributed by atoms with Crippen LogP contribution in [0.15, 0.2) is 11.6 Å². The van der Waals surface area contributed by atoms with E-state index in [1.165, 1.54) is 12.8 Å². The standard InChI is InChI=1S/C16H25N3O2S/c1-12(11-21-2)15(20)19(10-14-18-7-8-22-14)13-9-16(13)3-5-17-6-4-16/h7-8,12-13,17H,3-6,9-11H2,1-2H3. The molecule has 2 heterocycles. The zero-order valence-electron chi connectivity index (χ0n) is 13.4. The third-order valence-corrected chi connectivity index (χ3v) is 5.80. The molecule has 1 aromatic rings. The number of piperidine rings is 1. The number of hydrogen-bond donors (Lipinski definition) is 1. The van der Waals surface area contributed by atoms with Crippen molar-refractivity contribution in [2.75, 3.05) is 26.8 Å². The summed E-state index contributed by atoms with van der Waals surface area (Å²) in [6.45, 7) is 5.23. The fraction of sp³-hybridized carbons (Fsp3) is 0.750. The molecule has 0 bridgehead atoms. The fourth-order valence-corrected chi connectivity index (χ4v) is 4.27. The van der Waals surface area contributed by atoms with E-state index in [0.29, 0.717) is 24.6 Å². The Bertz CT molecular complexity index is 499. The first-order valence-corrected chi connectivity index (χ1v) is 8.93. The van der Waals surface area contributed by atoms with Gasteiger partial charge in [0.2, 0.25) is 5.91 Å². The zero-order chi connectivity index (χ0) is 15.6. The molecule has 6 heteroatoms. The second kappa shape index (κ2) is 6.64. The van der Waals surface area contributed by atoms with Gasteiger partial charge in [-0.3, -0.25) is 4.79 Å². The van der Waals surface area contributed by atoms with Crippen LogP contribution in [0.2, 0.25) is 0 Å². The predicted octanol–water partition coefficient (Wildman–Crippen LogP) is 1.90. The van der Waals surface area contributed by atoms with E-state index in [1.54, 1.807) is 18.4 Å². The molecule has 1 N–H and O–H groups in total. The Balaban J connectivity index is 1.73. The van der Waals surface area contributed by atoms with Crippen LogP contribution in [0, 0.1) is 11.3 Å². The molecule has 2 unspecified atom stereocenters. The van der Waals surface area contributed by atoms with E-state index in [4.69, 9.17) is 4.74 Å². The average Bonchev–Trinajstić information content (AvgIpc) is 2.97. The average molecular weight is 323 g/mol. The summed E-state index contributed by atoms with van der Waals surface area (Å²) in [6, 6.07) is 0.380. The van der Waals surface area contributed by atoms with Crippen LogP contribution in [0.4, 0.5) is 0 Å². The SMILES string of the molecule is COCC(C)C(=O)N(Cc1nccs1)C1CC12CCNCC2. The van der Waals surface area contributed by atoms with E-state index in [-0.39, 0.29) is 11.8 Å². The number of rotatable bonds is 6. The van der Waals surface area contributed by atoms with E-state index in [9.17, 15) is 4.79 Å². The third-order valence-electron chi connectivity index (χ3n) is 5.03. The number of aromatic nitrogens is 1. The summed E-state index contributed by atoms with van der Waals surface area (Å²) < 4.78 is 5.18. The first-order chi connectivity index (χ1) is 10.7. The van der Waals surface area contributed by atoms with Crippen LogP contribution >= 0.6 is 11.3 Å². The highest BCUT2D eigenvalue weighted by molar-refractivity contribution is 7.09. The Kier molecular flexibility index (Phi) is 4.80. The number of hydrogen-bond acceptors (Lipinski definition) is 5. The lowest BCUT2D eigenvalue weighted by molar-refractivity contribution is -0.138. The number of carbonyl (C=O) groups is 1. The summed E-state index contributed by atoms with van der Waals surface area (Å²) in [5.41, 5.74) is 0.352. The van der Waals surface area contributed by atoms with Gasteiger partial charge in [0.25, 0.3) is 0 Å². The van der Waals surface area contributed by atoms with Crippen molar-refractivity contribution in [3.8, 4) is 0 Å². The molecule has 1 aliphatic carbocycles. The van der Waals surface area contributed by atoms with Crippen molar-refractivity contribution in [3.63, 3.8) is 0 Å². The Morgan fingerprint density at radius 3 is 3.00 bits per heavy atom. The molecule has 2 atom stereocenters. The molecule has 0 aromatic carbocycles. The molecule has 1 spiro atoms. The van der Waals surface area contributed by atoms with Crippen LogP contribution in [0.1, 0.15) is 31.2 Å². The molecule has 1 amide bonds. The summed E-state index contributed by atoms with van der Waals surface area (Å²) in [4.78, 5) is 19.3. The van der Waals surface area contributed by atoms with Gasteiger partial charge in [0.05, 0.1) is 19.1 Å². The number of ether oxygens (including phenoxy) is 1. The summed E-state index contributed by atoms with van der Waals surface area (Å²) >= 11 is 1.63. The van der Waals surface area contributed by atoms with E-state index in [0.717, 1.165) is 24.5 Å². The predicted molar refractivity (Wildman–Crippen MR) is 86.6 cm³/mol. The lowest BCUT2D eigenvalue weighted by Crippen LogP contribution is -2.42. The second-order valence-corrected chi connectivity index (χ2v) is 7.56. The molecule has 1 saturated heterocycles. The van der Waals surface area contributed by atoms with Gasteiger partial charge in [0.15, 0.2) is 0 Å². The molecule has 1 aromatic heterocycles. The second-order valence-electron chi connectivity index (χ2n) is 6.58. The van der Waals surface area contributed by atoms with Crippen LogP contribution in [0.5, 0.6) is 0 Å². The summed E-state index contributed by atoms with van der Waals surface area (Å²) in [6.07, 6.45) is 5.32. The minimum atomic E-state index is -0.0932. The minimum Gasteiger partial charge on any atom is -0.384 e. The number of thiazole rings is 1. The van der Waals surface area contributed by atoms with Gasteiger partial charge in [-0.25, -0.2) is 4.98 Å². The van der Waals surface area contributed by atoms with Crippen molar-refractivity contribution in [2.24, 2.45) is 11.3 Å². The van der Waals surface area contributed by atoms with Crippen molar-refractivity contribution in [1.82, 2.24) is 15.2 Å². The number of methoxy groups -OCH3 is 1. The highest BCUT2D eigenvalue weighted by Crippen LogP contribution is 2.56. The number of amides is 1. The lowest BCUT2D eigenvalue weighted by Gasteiger charge is -2.30. The lowest BCUT2D eigenvalue weighted by atomic mass is 9.93. The molecule has 3 rings (SSSR count). The fourth-order valence-electron chi connectivity index (χ4n) is 3.65. The Morgan fingerprint density at radius 1 is 1.59 bits per heavy atom. The normalized spacial score (nSPS) is 24.2. The highest BCUT2D eigenvalue weighted by atomic mass is 32.1. The van der Waals surface area contributed by atoms with E-state index >= 15 is 0 Å². The molecule has 1 aliphatic heterocycles. The van der Waals surface area contributed by atoms with E-state index in [1.807, 2.05) is 18.5 Å². The molecule has 122 valence electrons. The van der Waals surface area contributed by atoms with E-state index < -0.39 is 0 Å². The molecule has 22 heavy (non-hydrogen) atoms. The first-order valence-electron chi connectivity index (χ1n) is 8.05. The van der Waals surface area contributed by atoms with Crippen LogP contribution < -0.4 is 5.32 Å². The van der Waals surface area contributed by atoms with Gasteiger partial charge >= 0.3 is 0 Å². The molecular formula is C16H25N3O2S. The number of nitrogens with zero attached hydrogens (tertiary/aromatic N) is 2. The van der Waals surface area contributed by atoms with Crippen molar-refractivity contribution < 1.29 is 9.53 Å². The van der Waals surface area contributed by atoms with Crippen LogP contribution in [0.3, 0.4) is 0 Å². The Labute approximate surface area is 136 Å². The third kappa shape index (κ3) is 3.19. The molecule has 2 aliphatic rings. The number of nitrogens with one attached hydrogen (secondary N) is 1. The van der Waals surface area contributed by atoms with Gasteiger partial charge in [-0.1, -0.05) is 6.92 Å².